The highest BCUT2D eigenvalue weighted by Crippen LogP contribution is 2.41. The Morgan fingerprint density at radius 2 is 1.90 bits per heavy atom. The fraction of sp³-hybridized carbons (Fsp3) is 0.742. The standard InChI is InChI=1S/C31H50F2N4O3/c1-4-28(38)36-31(17-8-9-19-40-3,26-15-10-16-27(32)29(26)33)24-14-11-18-37(22-24)30(39)35-25(21-34-2)20-23-12-6-5-7-13-23/h10,15-16,23-25,34H,4-9,11-14,17-22H2,1-3H3,(H,35,39)(H,36,38). The van der Waals surface area contributed by atoms with E-state index in [1.54, 1.807) is 25.0 Å². The second-order valence-electron chi connectivity index (χ2n) is 11.7. The number of amides is 3. The number of unbranched alkanes of at least 4 members (excludes halogenated alkanes) is 1. The summed E-state index contributed by atoms with van der Waals surface area (Å²) in [7, 11) is 3.53. The highest BCUT2D eigenvalue weighted by Gasteiger charge is 2.45. The molecule has 1 heterocycles. The van der Waals surface area contributed by atoms with Gasteiger partial charge in [-0.1, -0.05) is 51.2 Å². The van der Waals surface area contributed by atoms with Crippen molar-refractivity contribution in [2.45, 2.75) is 95.6 Å². The fourth-order valence-electron chi connectivity index (χ4n) is 6.72. The number of urea groups is 1. The first-order valence-electron chi connectivity index (χ1n) is 15.3. The van der Waals surface area contributed by atoms with Crippen molar-refractivity contribution < 1.29 is 23.1 Å². The Morgan fingerprint density at radius 3 is 2.60 bits per heavy atom. The Hall–Kier alpha value is -2.26. The number of rotatable bonds is 14. The van der Waals surface area contributed by atoms with Crippen molar-refractivity contribution in [3.63, 3.8) is 0 Å². The van der Waals surface area contributed by atoms with Crippen LogP contribution in [0.3, 0.4) is 0 Å². The number of likely N-dealkylation sites (tertiary alicyclic amines) is 1. The predicted molar refractivity (Wildman–Crippen MR) is 154 cm³/mol. The van der Waals surface area contributed by atoms with Gasteiger partial charge in [-0.05, 0) is 57.6 Å². The Morgan fingerprint density at radius 1 is 1.12 bits per heavy atom. The summed E-state index contributed by atoms with van der Waals surface area (Å²) in [4.78, 5) is 28.3. The number of likely N-dealkylation sites (N-methyl/N-ethyl adjacent to an activating group) is 1. The number of hydrogen-bond acceptors (Lipinski definition) is 4. The molecule has 3 N–H and O–H groups in total. The third-order valence-electron chi connectivity index (χ3n) is 8.81. The van der Waals surface area contributed by atoms with Gasteiger partial charge < -0.3 is 25.6 Å². The average Bonchev–Trinajstić information content (AvgIpc) is 2.96. The van der Waals surface area contributed by atoms with E-state index in [9.17, 15) is 14.0 Å². The van der Waals surface area contributed by atoms with Crippen LogP contribution >= 0.6 is 0 Å². The van der Waals surface area contributed by atoms with E-state index in [1.165, 1.54) is 38.2 Å². The summed E-state index contributed by atoms with van der Waals surface area (Å²) in [6, 6.07) is 4.08. The summed E-state index contributed by atoms with van der Waals surface area (Å²) < 4.78 is 35.3. The number of carbonyl (C=O) groups is 2. The maximum absolute atomic E-state index is 15.5. The van der Waals surface area contributed by atoms with Crippen LogP contribution in [0.15, 0.2) is 18.2 Å². The highest BCUT2D eigenvalue weighted by molar-refractivity contribution is 5.77. The summed E-state index contributed by atoms with van der Waals surface area (Å²) in [5.41, 5.74) is -0.984. The van der Waals surface area contributed by atoms with Crippen molar-refractivity contribution in [3.05, 3.63) is 35.4 Å². The van der Waals surface area contributed by atoms with Gasteiger partial charge in [0.2, 0.25) is 5.91 Å². The predicted octanol–water partition coefficient (Wildman–Crippen LogP) is 5.48. The first kappa shape index (κ1) is 32.3. The van der Waals surface area contributed by atoms with Gasteiger partial charge in [0.15, 0.2) is 11.6 Å². The molecule has 3 atom stereocenters. The monoisotopic (exact) mass is 564 g/mol. The molecule has 1 aromatic carbocycles. The van der Waals surface area contributed by atoms with E-state index in [-0.39, 0.29) is 35.9 Å². The second-order valence-corrected chi connectivity index (χ2v) is 11.7. The van der Waals surface area contributed by atoms with Gasteiger partial charge in [0, 0.05) is 57.3 Å². The van der Waals surface area contributed by atoms with Crippen molar-refractivity contribution in [3.8, 4) is 0 Å². The molecule has 1 aliphatic heterocycles. The van der Waals surface area contributed by atoms with Gasteiger partial charge in [-0.25, -0.2) is 13.6 Å². The van der Waals surface area contributed by atoms with Gasteiger partial charge in [-0.2, -0.15) is 0 Å². The molecule has 3 amide bonds. The molecule has 7 nitrogen and oxygen atoms in total. The Labute approximate surface area is 239 Å². The molecular formula is C31H50F2N4O3. The number of hydrogen-bond donors (Lipinski definition) is 3. The van der Waals surface area contributed by atoms with Gasteiger partial charge in [0.25, 0.3) is 0 Å². The van der Waals surface area contributed by atoms with Crippen molar-refractivity contribution >= 4 is 11.9 Å². The van der Waals surface area contributed by atoms with E-state index in [0.29, 0.717) is 51.4 Å². The zero-order valence-electron chi connectivity index (χ0n) is 24.7. The van der Waals surface area contributed by atoms with Crippen LogP contribution in [-0.4, -0.2) is 63.3 Å². The molecule has 1 saturated carbocycles. The zero-order valence-corrected chi connectivity index (χ0v) is 24.7. The summed E-state index contributed by atoms with van der Waals surface area (Å²) >= 11 is 0. The number of carbonyl (C=O) groups excluding carboxylic acids is 2. The highest BCUT2D eigenvalue weighted by atomic mass is 19.2. The molecule has 0 bridgehead atoms. The molecule has 0 aromatic heterocycles. The summed E-state index contributed by atoms with van der Waals surface area (Å²) in [5, 5.41) is 9.62. The molecule has 0 spiro atoms. The van der Waals surface area contributed by atoms with Crippen LogP contribution in [0.4, 0.5) is 13.6 Å². The lowest BCUT2D eigenvalue weighted by atomic mass is 9.70. The second kappa shape index (κ2) is 16.2. The minimum absolute atomic E-state index is 0.0280. The van der Waals surface area contributed by atoms with Crippen LogP contribution in [-0.2, 0) is 15.1 Å². The zero-order chi connectivity index (χ0) is 29.0. The topological polar surface area (TPSA) is 82.7 Å². The van der Waals surface area contributed by atoms with E-state index in [1.807, 2.05) is 7.05 Å². The van der Waals surface area contributed by atoms with Crippen molar-refractivity contribution in [1.82, 2.24) is 20.9 Å². The van der Waals surface area contributed by atoms with Crippen molar-refractivity contribution in [2.75, 3.05) is 40.4 Å². The smallest absolute Gasteiger partial charge is 0.317 e. The summed E-state index contributed by atoms with van der Waals surface area (Å²) in [6.45, 7) is 3.93. The van der Waals surface area contributed by atoms with Gasteiger partial charge >= 0.3 is 6.03 Å². The largest absolute Gasteiger partial charge is 0.385 e. The quantitative estimate of drug-likeness (QED) is 0.261. The van der Waals surface area contributed by atoms with Gasteiger partial charge in [0.1, 0.15) is 0 Å². The fourth-order valence-corrected chi connectivity index (χ4v) is 6.72. The van der Waals surface area contributed by atoms with Gasteiger partial charge in [-0.15, -0.1) is 0 Å². The molecule has 9 heteroatoms. The van der Waals surface area contributed by atoms with Crippen LogP contribution in [0.2, 0.25) is 0 Å². The van der Waals surface area contributed by atoms with Crippen LogP contribution in [0.5, 0.6) is 0 Å². The number of halogens is 2. The van der Waals surface area contributed by atoms with Gasteiger partial charge in [-0.3, -0.25) is 4.79 Å². The van der Waals surface area contributed by atoms with Crippen LogP contribution < -0.4 is 16.0 Å². The van der Waals surface area contributed by atoms with Crippen LogP contribution in [0.25, 0.3) is 0 Å². The lowest BCUT2D eigenvalue weighted by Gasteiger charge is -2.47. The first-order valence-corrected chi connectivity index (χ1v) is 15.3. The molecule has 3 rings (SSSR count). The van der Waals surface area contributed by atoms with Crippen LogP contribution in [0, 0.1) is 23.5 Å². The van der Waals surface area contributed by atoms with E-state index in [2.05, 4.69) is 16.0 Å². The minimum atomic E-state index is -1.14. The third kappa shape index (κ3) is 8.62. The molecule has 1 saturated heterocycles. The van der Waals surface area contributed by atoms with E-state index in [0.717, 1.165) is 25.3 Å². The molecule has 2 fully saturated rings. The summed E-state index contributed by atoms with van der Waals surface area (Å²) in [6.07, 6.45) is 10.6. The first-order chi connectivity index (χ1) is 19.3. The number of methoxy groups -OCH3 is 1. The summed E-state index contributed by atoms with van der Waals surface area (Å²) in [5.74, 6) is -1.75. The molecule has 1 aliphatic carbocycles. The average molecular weight is 565 g/mol. The number of benzene rings is 1. The van der Waals surface area contributed by atoms with E-state index >= 15 is 4.39 Å². The number of nitrogens with zero attached hydrogens (tertiary/aromatic N) is 1. The van der Waals surface area contributed by atoms with Crippen molar-refractivity contribution in [2.24, 2.45) is 11.8 Å². The lowest BCUT2D eigenvalue weighted by Crippen LogP contribution is -2.58. The van der Waals surface area contributed by atoms with E-state index in [4.69, 9.17) is 4.74 Å². The van der Waals surface area contributed by atoms with Gasteiger partial charge in [0.05, 0.1) is 5.54 Å². The van der Waals surface area contributed by atoms with Crippen LogP contribution in [0.1, 0.15) is 89.5 Å². The Kier molecular flexibility index (Phi) is 13.1. The number of ether oxygens (including phenoxy) is 1. The normalized spacial score (nSPS) is 20.5. The SMILES string of the molecule is CCC(=O)NC(CCCCOC)(c1cccc(F)c1F)C1CCCN(C(=O)NC(CNC)CC2CCCCC2)C1. The molecule has 40 heavy (non-hydrogen) atoms. The maximum Gasteiger partial charge on any atom is 0.317 e. The molecule has 2 aliphatic rings. The lowest BCUT2D eigenvalue weighted by molar-refractivity contribution is -0.124. The molecule has 1 aromatic rings. The third-order valence-corrected chi connectivity index (χ3v) is 8.81. The Bertz CT molecular complexity index is 943. The Balaban J connectivity index is 1.86. The minimum Gasteiger partial charge on any atom is -0.385 e. The molecule has 3 unspecified atom stereocenters. The van der Waals surface area contributed by atoms with E-state index < -0.39 is 17.2 Å². The molecule has 0 radical (unpaired) electrons. The molecular weight excluding hydrogens is 514 g/mol. The molecule has 226 valence electrons. The van der Waals surface area contributed by atoms with Crippen molar-refractivity contribution in [1.29, 1.82) is 0 Å². The maximum atomic E-state index is 15.5. The number of piperidine rings is 1. The number of nitrogens with one attached hydrogen (secondary N) is 3.